The number of aromatic nitrogens is 2. The fraction of sp³-hybridized carbons (Fsp3) is 0.357. The summed E-state index contributed by atoms with van der Waals surface area (Å²) in [6, 6.07) is 7.50. The van der Waals surface area contributed by atoms with Crippen molar-refractivity contribution in [3.63, 3.8) is 0 Å². The van der Waals surface area contributed by atoms with Crippen LogP contribution >= 0.6 is 0 Å². The van der Waals surface area contributed by atoms with E-state index in [0.29, 0.717) is 41.8 Å². The summed E-state index contributed by atoms with van der Waals surface area (Å²) in [5.41, 5.74) is 0.384. The van der Waals surface area contributed by atoms with Gasteiger partial charge in [0.25, 0.3) is 0 Å². The number of fused-ring (bicyclic) bond motifs is 2. The Kier molecular flexibility index (Phi) is 5.89. The molecule has 0 aliphatic carbocycles. The van der Waals surface area contributed by atoms with Crippen molar-refractivity contribution < 1.29 is 23.4 Å². The second-order valence-electron chi connectivity index (χ2n) is 9.87. The van der Waals surface area contributed by atoms with Gasteiger partial charge in [-0.3, -0.25) is 4.79 Å². The van der Waals surface area contributed by atoms with Crippen molar-refractivity contribution in [3.8, 4) is 23.1 Å². The van der Waals surface area contributed by atoms with E-state index in [-0.39, 0.29) is 45.8 Å². The molecule has 0 spiro atoms. The Morgan fingerprint density at radius 2 is 1.97 bits per heavy atom. The molecule has 38 heavy (non-hydrogen) atoms. The highest BCUT2D eigenvalue weighted by molar-refractivity contribution is 6.00. The zero-order valence-corrected chi connectivity index (χ0v) is 21.2. The first kappa shape index (κ1) is 24.1. The molecule has 2 aromatic carbocycles. The molecule has 6 rings (SSSR count). The molecule has 0 saturated carbocycles. The molecule has 4 aromatic rings. The molecule has 2 aliphatic heterocycles. The number of aryl methyl sites for hydroxylation is 1. The first-order chi connectivity index (χ1) is 18.4. The van der Waals surface area contributed by atoms with Crippen molar-refractivity contribution in [1.82, 2.24) is 14.9 Å². The van der Waals surface area contributed by atoms with Crippen LogP contribution in [-0.2, 0) is 4.79 Å². The Balaban J connectivity index is 1.53. The normalized spacial score (nSPS) is 18.1. The highest BCUT2D eigenvalue weighted by Crippen LogP contribution is 2.38. The number of aromatic hydroxyl groups is 1. The van der Waals surface area contributed by atoms with E-state index in [1.165, 1.54) is 25.3 Å². The number of benzene rings is 2. The molecule has 4 heterocycles. The second kappa shape index (κ2) is 9.27. The molecule has 9 nitrogen and oxygen atoms in total. The maximum absolute atomic E-state index is 14.9. The fourth-order valence-corrected chi connectivity index (χ4v) is 5.80. The quantitative estimate of drug-likeness (QED) is 0.429. The van der Waals surface area contributed by atoms with Crippen molar-refractivity contribution in [1.29, 1.82) is 0 Å². The Morgan fingerprint density at radius 1 is 1.13 bits per heavy atom. The molecule has 196 valence electrons. The van der Waals surface area contributed by atoms with Gasteiger partial charge < -0.3 is 24.1 Å². The number of halogens is 1. The third kappa shape index (κ3) is 3.91. The van der Waals surface area contributed by atoms with E-state index in [1.807, 2.05) is 9.80 Å². The van der Waals surface area contributed by atoms with Crippen molar-refractivity contribution in [2.24, 2.45) is 0 Å². The van der Waals surface area contributed by atoms with E-state index < -0.39 is 11.4 Å². The van der Waals surface area contributed by atoms with Crippen LogP contribution in [0.15, 0.2) is 39.5 Å². The molecule has 1 amide bonds. The second-order valence-corrected chi connectivity index (χ2v) is 9.87. The number of nitrogens with zero attached hydrogens (tertiary/aromatic N) is 4. The summed E-state index contributed by atoms with van der Waals surface area (Å²) in [5, 5.41) is 11.2. The monoisotopic (exact) mass is 518 g/mol. The van der Waals surface area contributed by atoms with Crippen LogP contribution in [-0.4, -0.2) is 58.7 Å². The van der Waals surface area contributed by atoms with Crippen LogP contribution in [0.2, 0.25) is 0 Å². The summed E-state index contributed by atoms with van der Waals surface area (Å²) in [6.45, 7) is 3.65. The van der Waals surface area contributed by atoms with E-state index in [0.717, 1.165) is 25.8 Å². The summed E-state index contributed by atoms with van der Waals surface area (Å²) >= 11 is 0. The maximum atomic E-state index is 14.9. The zero-order valence-electron chi connectivity index (χ0n) is 21.2. The standard InChI is InChI=1S/C28H27FN4O5/c1-15-24-23(27(36)38-25(15)19-13-18(34)12-16-6-3-8-20(29)22(16)19)26(31-28(30-24)37-2)32-10-4-7-17(14-32)33-11-5-9-21(33)35/h3,6,8,12-13,17,34H,4-5,7,9-11,14H2,1-2H3. The average Bonchev–Trinajstić information content (AvgIpc) is 3.35. The van der Waals surface area contributed by atoms with Crippen molar-refractivity contribution in [2.45, 2.75) is 38.6 Å². The minimum atomic E-state index is -0.676. The van der Waals surface area contributed by atoms with E-state index in [1.54, 1.807) is 19.1 Å². The van der Waals surface area contributed by atoms with Crippen LogP contribution in [0.25, 0.3) is 33.0 Å². The number of hydrogen-bond donors (Lipinski definition) is 1. The Labute approximate surface area is 217 Å². The largest absolute Gasteiger partial charge is 0.508 e. The number of anilines is 1. The molecule has 0 bridgehead atoms. The SMILES string of the molecule is COc1nc(N2CCCC(N3CCCC3=O)C2)c2c(=O)oc(-c3cc(O)cc4cccc(F)c34)c(C)c2n1. The predicted molar refractivity (Wildman–Crippen MR) is 140 cm³/mol. The summed E-state index contributed by atoms with van der Waals surface area (Å²) in [5.74, 6) is 0.0684. The summed E-state index contributed by atoms with van der Waals surface area (Å²) in [7, 11) is 1.45. The lowest BCUT2D eigenvalue weighted by molar-refractivity contribution is -0.129. The van der Waals surface area contributed by atoms with Gasteiger partial charge in [-0.2, -0.15) is 9.97 Å². The van der Waals surface area contributed by atoms with Crippen molar-refractivity contribution >= 4 is 33.4 Å². The highest BCUT2D eigenvalue weighted by Gasteiger charge is 2.33. The van der Waals surface area contributed by atoms with Gasteiger partial charge in [-0.05, 0) is 49.8 Å². The molecule has 2 fully saturated rings. The highest BCUT2D eigenvalue weighted by atomic mass is 19.1. The van der Waals surface area contributed by atoms with Crippen molar-refractivity contribution in [2.75, 3.05) is 31.6 Å². The predicted octanol–water partition coefficient (Wildman–Crippen LogP) is 4.16. The van der Waals surface area contributed by atoms with Crippen LogP contribution in [0.1, 0.15) is 31.2 Å². The number of phenols is 1. The summed E-state index contributed by atoms with van der Waals surface area (Å²) in [6.07, 6.45) is 3.14. The van der Waals surface area contributed by atoms with Gasteiger partial charge in [-0.25, -0.2) is 9.18 Å². The molecule has 0 radical (unpaired) electrons. The first-order valence-corrected chi connectivity index (χ1v) is 12.7. The fourth-order valence-electron chi connectivity index (χ4n) is 5.80. The lowest BCUT2D eigenvalue weighted by atomic mass is 9.98. The number of carbonyl (C=O) groups excluding carboxylic acids is 1. The Morgan fingerprint density at radius 3 is 2.74 bits per heavy atom. The number of rotatable bonds is 4. The smallest absolute Gasteiger partial charge is 0.349 e. The molecular formula is C28H27FN4O5. The Hall–Kier alpha value is -4.21. The number of likely N-dealkylation sites (tertiary alicyclic amines) is 1. The molecule has 2 aromatic heterocycles. The van der Waals surface area contributed by atoms with Gasteiger partial charge >= 0.3 is 11.6 Å². The molecule has 10 heteroatoms. The number of carbonyl (C=O) groups is 1. The van der Waals surface area contributed by atoms with Crippen LogP contribution in [0, 0.1) is 12.7 Å². The van der Waals surface area contributed by atoms with Gasteiger partial charge in [-0.1, -0.05) is 12.1 Å². The lowest BCUT2D eigenvalue weighted by Crippen LogP contribution is -2.49. The number of amides is 1. The number of phenolic OH excluding ortho intramolecular Hbond substituents is 1. The van der Waals surface area contributed by atoms with Gasteiger partial charge in [0.15, 0.2) is 5.82 Å². The van der Waals surface area contributed by atoms with E-state index >= 15 is 0 Å². The van der Waals surface area contributed by atoms with Gasteiger partial charge in [-0.15, -0.1) is 0 Å². The molecule has 2 aliphatic rings. The van der Waals surface area contributed by atoms with Gasteiger partial charge in [0.1, 0.15) is 22.7 Å². The van der Waals surface area contributed by atoms with Crippen LogP contribution < -0.4 is 15.3 Å². The van der Waals surface area contributed by atoms with Crippen LogP contribution in [0.4, 0.5) is 10.2 Å². The molecule has 1 atom stereocenters. The van der Waals surface area contributed by atoms with Gasteiger partial charge in [0.05, 0.1) is 12.6 Å². The third-order valence-corrected chi connectivity index (χ3v) is 7.55. The minimum Gasteiger partial charge on any atom is -0.508 e. The van der Waals surface area contributed by atoms with Gasteiger partial charge in [0.2, 0.25) is 5.91 Å². The molecular weight excluding hydrogens is 491 g/mol. The lowest BCUT2D eigenvalue weighted by Gasteiger charge is -2.38. The van der Waals surface area contributed by atoms with Crippen molar-refractivity contribution in [3.05, 3.63) is 52.1 Å². The number of hydrogen-bond acceptors (Lipinski definition) is 8. The van der Waals surface area contributed by atoms with E-state index in [9.17, 15) is 19.1 Å². The summed E-state index contributed by atoms with van der Waals surface area (Å²) in [4.78, 5) is 38.9. The maximum Gasteiger partial charge on any atom is 0.349 e. The van der Waals surface area contributed by atoms with Gasteiger partial charge in [0, 0.05) is 48.6 Å². The molecule has 1 unspecified atom stereocenters. The first-order valence-electron chi connectivity index (χ1n) is 12.7. The van der Waals surface area contributed by atoms with Crippen LogP contribution in [0.3, 0.4) is 0 Å². The minimum absolute atomic E-state index is 0.0313. The zero-order chi connectivity index (χ0) is 26.6. The molecule has 1 N–H and O–H groups in total. The third-order valence-electron chi connectivity index (χ3n) is 7.55. The molecule has 2 saturated heterocycles. The van der Waals surface area contributed by atoms with E-state index in [2.05, 4.69) is 9.97 Å². The number of ether oxygens (including phenoxy) is 1. The average molecular weight is 519 g/mol. The topological polar surface area (TPSA) is 109 Å². The summed E-state index contributed by atoms with van der Waals surface area (Å²) < 4.78 is 26.2. The number of methoxy groups -OCH3 is 1. The van der Waals surface area contributed by atoms with E-state index in [4.69, 9.17) is 9.15 Å². The number of piperidine rings is 1. The van der Waals surface area contributed by atoms with Crippen LogP contribution in [0.5, 0.6) is 11.8 Å². The Bertz CT molecular complexity index is 1650.